The highest BCUT2D eigenvalue weighted by molar-refractivity contribution is 5.85. The van der Waals surface area contributed by atoms with E-state index in [-0.39, 0.29) is 11.9 Å². The summed E-state index contributed by atoms with van der Waals surface area (Å²) in [6, 6.07) is 24.7. The summed E-state index contributed by atoms with van der Waals surface area (Å²) in [4.78, 5) is 12.9. The van der Waals surface area contributed by atoms with E-state index in [0.717, 1.165) is 23.6 Å². The lowest BCUT2D eigenvalue weighted by atomic mass is 9.48. The zero-order valence-corrected chi connectivity index (χ0v) is 14.7. The molecule has 2 aliphatic rings. The molecule has 0 radical (unpaired) electrons. The normalized spacial score (nSPS) is 26.9. The lowest BCUT2D eigenvalue weighted by Gasteiger charge is -2.55. The van der Waals surface area contributed by atoms with Gasteiger partial charge in [-0.3, -0.25) is 4.79 Å². The van der Waals surface area contributed by atoms with Crippen molar-refractivity contribution in [3.05, 3.63) is 78.4 Å². The molecule has 2 atom stereocenters. The Balaban J connectivity index is 1.36. The second-order valence-corrected chi connectivity index (χ2v) is 7.65. The van der Waals surface area contributed by atoms with Gasteiger partial charge in [0.25, 0.3) is 0 Å². The summed E-state index contributed by atoms with van der Waals surface area (Å²) in [5, 5.41) is 2.27. The van der Waals surface area contributed by atoms with Gasteiger partial charge in [-0.05, 0) is 59.1 Å². The van der Waals surface area contributed by atoms with Crippen LogP contribution in [0.4, 0.5) is 0 Å². The Morgan fingerprint density at radius 1 is 0.808 bits per heavy atom. The molecule has 2 aliphatic carbocycles. The van der Waals surface area contributed by atoms with Crippen LogP contribution in [0.15, 0.2) is 72.8 Å². The lowest BCUT2D eigenvalue weighted by molar-refractivity contribution is -0.156. The number of carbonyl (C=O) groups is 1. The standard InChI is InChI=1S/C24H22O2/c25-24(26-19-14-13-16-7-4-5-10-18(16)15-19)23-20-11-6-12-21(23)22(20)17-8-2-1-3-9-17/h1-5,7-10,13-15,20-23H,6,11-12H2. The minimum Gasteiger partial charge on any atom is -0.426 e. The largest absolute Gasteiger partial charge is 0.426 e. The Labute approximate surface area is 153 Å². The van der Waals surface area contributed by atoms with E-state index in [4.69, 9.17) is 4.74 Å². The molecule has 0 amide bonds. The monoisotopic (exact) mass is 342 g/mol. The number of hydrogen-bond acceptors (Lipinski definition) is 2. The molecule has 2 unspecified atom stereocenters. The molecule has 2 bridgehead atoms. The number of carbonyl (C=O) groups excluding carboxylic acids is 1. The van der Waals surface area contributed by atoms with Crippen molar-refractivity contribution in [1.82, 2.24) is 0 Å². The summed E-state index contributed by atoms with van der Waals surface area (Å²) < 4.78 is 5.81. The maximum atomic E-state index is 12.9. The molecule has 2 saturated carbocycles. The maximum absolute atomic E-state index is 12.9. The minimum atomic E-state index is -0.0397. The van der Waals surface area contributed by atoms with Crippen LogP contribution in [0.3, 0.4) is 0 Å². The first-order valence-corrected chi connectivity index (χ1v) is 9.57. The quantitative estimate of drug-likeness (QED) is 0.459. The average molecular weight is 342 g/mol. The van der Waals surface area contributed by atoms with E-state index in [1.54, 1.807) is 0 Å². The Kier molecular flexibility index (Phi) is 3.77. The highest BCUT2D eigenvalue weighted by Crippen LogP contribution is 2.60. The summed E-state index contributed by atoms with van der Waals surface area (Å²) in [6.45, 7) is 0. The number of fused-ring (bicyclic) bond motifs is 3. The summed E-state index contributed by atoms with van der Waals surface area (Å²) in [5.74, 6) is 2.07. The first kappa shape index (κ1) is 15.6. The third-order valence-corrected chi connectivity index (χ3v) is 6.32. The molecule has 0 aromatic heterocycles. The zero-order valence-electron chi connectivity index (χ0n) is 14.7. The fourth-order valence-corrected chi connectivity index (χ4v) is 5.18. The van der Waals surface area contributed by atoms with Crippen LogP contribution in [0.5, 0.6) is 5.75 Å². The molecule has 2 fully saturated rings. The Hall–Kier alpha value is -2.61. The molecule has 0 N–H and O–H groups in total. The highest BCUT2D eigenvalue weighted by Gasteiger charge is 2.56. The van der Waals surface area contributed by atoms with E-state index in [2.05, 4.69) is 42.5 Å². The van der Waals surface area contributed by atoms with Gasteiger partial charge in [-0.1, -0.05) is 67.1 Å². The van der Waals surface area contributed by atoms with E-state index in [0.29, 0.717) is 23.5 Å². The molecule has 130 valence electrons. The summed E-state index contributed by atoms with van der Waals surface area (Å²) in [7, 11) is 0. The smallest absolute Gasteiger partial charge is 0.314 e. The van der Waals surface area contributed by atoms with Crippen LogP contribution in [0.25, 0.3) is 10.8 Å². The second-order valence-electron chi connectivity index (χ2n) is 7.65. The van der Waals surface area contributed by atoms with E-state index in [1.165, 1.54) is 12.0 Å². The third kappa shape index (κ3) is 2.52. The van der Waals surface area contributed by atoms with Crippen LogP contribution >= 0.6 is 0 Å². The van der Waals surface area contributed by atoms with Crippen LogP contribution in [0, 0.1) is 17.8 Å². The maximum Gasteiger partial charge on any atom is 0.314 e. The van der Waals surface area contributed by atoms with Gasteiger partial charge in [-0.25, -0.2) is 0 Å². The topological polar surface area (TPSA) is 26.3 Å². The first-order valence-electron chi connectivity index (χ1n) is 9.57. The van der Waals surface area contributed by atoms with Gasteiger partial charge < -0.3 is 4.74 Å². The summed E-state index contributed by atoms with van der Waals surface area (Å²) in [5.41, 5.74) is 1.39. The second kappa shape index (κ2) is 6.28. The fraction of sp³-hybridized carbons (Fsp3) is 0.292. The number of benzene rings is 3. The Morgan fingerprint density at radius 3 is 2.27 bits per heavy atom. The zero-order chi connectivity index (χ0) is 17.5. The molecule has 2 heteroatoms. The van der Waals surface area contributed by atoms with E-state index in [1.807, 2.05) is 30.3 Å². The summed E-state index contributed by atoms with van der Waals surface area (Å²) >= 11 is 0. The molecular weight excluding hydrogens is 320 g/mol. The molecule has 3 aromatic rings. The van der Waals surface area contributed by atoms with E-state index in [9.17, 15) is 4.79 Å². The van der Waals surface area contributed by atoms with Crippen LogP contribution in [-0.4, -0.2) is 5.97 Å². The van der Waals surface area contributed by atoms with Crippen molar-refractivity contribution in [2.75, 3.05) is 0 Å². The van der Waals surface area contributed by atoms with Crippen molar-refractivity contribution in [1.29, 1.82) is 0 Å². The van der Waals surface area contributed by atoms with Gasteiger partial charge in [-0.2, -0.15) is 0 Å². The van der Waals surface area contributed by atoms with Gasteiger partial charge in [0, 0.05) is 0 Å². The SMILES string of the molecule is O=C(Oc1ccc2ccccc2c1)C1C2CCCC1C2c1ccccc1. The molecule has 26 heavy (non-hydrogen) atoms. The van der Waals surface area contributed by atoms with Crippen molar-refractivity contribution in [2.45, 2.75) is 25.2 Å². The van der Waals surface area contributed by atoms with Gasteiger partial charge in [0.05, 0.1) is 5.92 Å². The van der Waals surface area contributed by atoms with Gasteiger partial charge in [0.1, 0.15) is 5.75 Å². The molecule has 5 rings (SSSR count). The van der Waals surface area contributed by atoms with Gasteiger partial charge in [-0.15, -0.1) is 0 Å². The molecule has 0 heterocycles. The van der Waals surface area contributed by atoms with E-state index < -0.39 is 0 Å². The van der Waals surface area contributed by atoms with Crippen molar-refractivity contribution >= 4 is 16.7 Å². The minimum absolute atomic E-state index is 0.0397. The van der Waals surface area contributed by atoms with Crippen molar-refractivity contribution in [3.8, 4) is 5.75 Å². The lowest BCUT2D eigenvalue weighted by Crippen LogP contribution is -2.53. The fourth-order valence-electron chi connectivity index (χ4n) is 5.18. The number of rotatable bonds is 3. The summed E-state index contributed by atoms with van der Waals surface area (Å²) in [6.07, 6.45) is 3.50. The van der Waals surface area contributed by atoms with Gasteiger partial charge in [0.15, 0.2) is 0 Å². The van der Waals surface area contributed by atoms with Crippen molar-refractivity contribution < 1.29 is 9.53 Å². The van der Waals surface area contributed by atoms with Crippen LogP contribution in [0.1, 0.15) is 30.7 Å². The van der Waals surface area contributed by atoms with Crippen molar-refractivity contribution in [2.24, 2.45) is 17.8 Å². The van der Waals surface area contributed by atoms with Gasteiger partial charge >= 0.3 is 5.97 Å². The Bertz CT molecular complexity index is 935. The number of esters is 1. The predicted molar refractivity (Wildman–Crippen MR) is 103 cm³/mol. The van der Waals surface area contributed by atoms with Gasteiger partial charge in [0.2, 0.25) is 0 Å². The predicted octanol–water partition coefficient (Wildman–Crippen LogP) is 5.58. The Morgan fingerprint density at radius 2 is 1.50 bits per heavy atom. The average Bonchev–Trinajstić information content (AvgIpc) is 2.69. The highest BCUT2D eigenvalue weighted by atomic mass is 16.5. The molecule has 2 nitrogen and oxygen atoms in total. The first-order chi connectivity index (χ1) is 12.8. The van der Waals surface area contributed by atoms with E-state index >= 15 is 0 Å². The molecule has 3 aromatic carbocycles. The molecule has 0 saturated heterocycles. The molecular formula is C24H22O2. The van der Waals surface area contributed by atoms with Crippen LogP contribution < -0.4 is 4.74 Å². The van der Waals surface area contributed by atoms with Crippen LogP contribution in [-0.2, 0) is 4.79 Å². The number of ether oxygens (including phenoxy) is 1. The van der Waals surface area contributed by atoms with Crippen LogP contribution in [0.2, 0.25) is 0 Å². The molecule has 0 spiro atoms. The third-order valence-electron chi connectivity index (χ3n) is 6.32. The van der Waals surface area contributed by atoms with Crippen molar-refractivity contribution in [3.63, 3.8) is 0 Å². The number of hydrogen-bond donors (Lipinski definition) is 0. The molecule has 0 aliphatic heterocycles.